The van der Waals surface area contributed by atoms with Crippen LogP contribution < -0.4 is 10.1 Å². The molecule has 4 unspecified atom stereocenters. The van der Waals surface area contributed by atoms with Crippen molar-refractivity contribution in [2.75, 3.05) is 33.3 Å². The molecule has 1 saturated carbocycles. The van der Waals surface area contributed by atoms with Crippen LogP contribution in [0.1, 0.15) is 77.1 Å². The lowest BCUT2D eigenvalue weighted by Crippen LogP contribution is -2.55. The fraction of sp³-hybridized carbons (Fsp3) is 0.472. The number of Topliss-reactive ketones (excluding diaryl/α,β-unsaturated/α-hetero) is 1. The van der Waals surface area contributed by atoms with E-state index in [1.54, 1.807) is 13.2 Å². The average Bonchev–Trinajstić information content (AvgIpc) is 3.61. The first kappa shape index (κ1) is 30.1. The molecule has 1 aliphatic carbocycles. The van der Waals surface area contributed by atoms with Gasteiger partial charge in [0.1, 0.15) is 23.3 Å². The van der Waals surface area contributed by atoms with Gasteiger partial charge in [-0.1, -0.05) is 61.7 Å². The van der Waals surface area contributed by atoms with Gasteiger partial charge in [-0.25, -0.2) is 0 Å². The fourth-order valence-corrected chi connectivity index (χ4v) is 7.69. The number of ketones is 1. The maximum atomic E-state index is 14.9. The zero-order valence-corrected chi connectivity index (χ0v) is 26.0. The van der Waals surface area contributed by atoms with E-state index in [-0.39, 0.29) is 23.5 Å². The summed E-state index contributed by atoms with van der Waals surface area (Å²) in [4.78, 5) is 48.3. The number of aryl methyl sites for hydroxylation is 2. The highest BCUT2D eigenvalue weighted by molar-refractivity contribution is 6.02. The van der Waals surface area contributed by atoms with Crippen molar-refractivity contribution in [1.82, 2.24) is 15.1 Å². The molecule has 2 saturated heterocycles. The Labute approximate surface area is 259 Å². The minimum absolute atomic E-state index is 0.0130. The molecule has 0 spiro atoms. The first-order valence-electron chi connectivity index (χ1n) is 16.0. The van der Waals surface area contributed by atoms with Crippen LogP contribution >= 0.6 is 0 Å². The molecule has 1 N–H and O–H groups in total. The van der Waals surface area contributed by atoms with Crippen molar-refractivity contribution < 1.29 is 23.5 Å². The maximum absolute atomic E-state index is 14.9. The normalized spacial score (nSPS) is 24.3. The lowest BCUT2D eigenvalue weighted by molar-refractivity contribution is -0.149. The van der Waals surface area contributed by atoms with Crippen LogP contribution in [0.2, 0.25) is 0 Å². The molecule has 3 aliphatic rings. The van der Waals surface area contributed by atoms with Crippen LogP contribution in [-0.4, -0.2) is 66.7 Å². The smallest absolute Gasteiger partial charge is 0.246 e. The van der Waals surface area contributed by atoms with E-state index in [1.165, 1.54) is 0 Å². The number of nitrogens with zero attached hydrogens (tertiary/aromatic N) is 2. The third-order valence-corrected chi connectivity index (χ3v) is 9.81. The fourth-order valence-electron chi connectivity index (χ4n) is 7.69. The molecule has 4 atom stereocenters. The molecule has 6 rings (SSSR count). The number of carbonyl (C=O) groups excluding carboxylic acids is 3. The highest BCUT2D eigenvalue weighted by Gasteiger charge is 2.59. The topological polar surface area (TPSA) is 92.1 Å². The van der Waals surface area contributed by atoms with Crippen molar-refractivity contribution >= 4 is 17.6 Å². The monoisotopic (exact) mass is 597 g/mol. The molecule has 3 heterocycles. The molecule has 3 aromatic rings. The molecule has 0 radical (unpaired) electrons. The number of hydrogen-bond donors (Lipinski definition) is 1. The van der Waals surface area contributed by atoms with E-state index >= 15 is 0 Å². The summed E-state index contributed by atoms with van der Waals surface area (Å²) in [5.74, 6) is 0.251. The first-order chi connectivity index (χ1) is 21.4. The van der Waals surface area contributed by atoms with E-state index < -0.39 is 23.9 Å². The molecular formula is C36H43N3O5. The van der Waals surface area contributed by atoms with Gasteiger partial charge in [0.25, 0.3) is 0 Å². The van der Waals surface area contributed by atoms with Gasteiger partial charge in [0.15, 0.2) is 5.78 Å². The maximum Gasteiger partial charge on any atom is 0.246 e. The van der Waals surface area contributed by atoms with Gasteiger partial charge in [0, 0.05) is 38.0 Å². The molecule has 8 heteroatoms. The number of hydrogen-bond acceptors (Lipinski definition) is 6. The number of carbonyl (C=O) groups is 3. The Bertz CT molecular complexity index is 1470. The number of rotatable bonds is 7. The van der Waals surface area contributed by atoms with Crippen LogP contribution in [0.15, 0.2) is 65.1 Å². The summed E-state index contributed by atoms with van der Waals surface area (Å²) in [5.41, 5.74) is 2.21. The second-order valence-electron chi connectivity index (χ2n) is 12.5. The number of ether oxygens (including phenoxy) is 1. The Balaban J connectivity index is 1.58. The Morgan fingerprint density at radius 3 is 2.16 bits per heavy atom. The van der Waals surface area contributed by atoms with E-state index in [9.17, 15) is 14.4 Å². The Morgan fingerprint density at radius 2 is 1.55 bits per heavy atom. The molecule has 0 bridgehead atoms. The summed E-state index contributed by atoms with van der Waals surface area (Å²) in [6.45, 7) is 6.16. The number of amides is 2. The summed E-state index contributed by atoms with van der Waals surface area (Å²) in [7, 11) is 1.62. The number of piperazine rings is 1. The van der Waals surface area contributed by atoms with Crippen LogP contribution in [0.3, 0.4) is 0 Å². The van der Waals surface area contributed by atoms with Gasteiger partial charge in [0.2, 0.25) is 11.8 Å². The second kappa shape index (κ2) is 13.0. The van der Waals surface area contributed by atoms with Crippen LogP contribution in [0.4, 0.5) is 0 Å². The highest BCUT2D eigenvalue weighted by atomic mass is 16.5. The van der Waals surface area contributed by atoms with Crippen LogP contribution in [0.5, 0.6) is 5.75 Å². The molecular weight excluding hydrogens is 554 g/mol. The number of nitrogens with one attached hydrogen (secondary N) is 1. The largest absolute Gasteiger partial charge is 0.497 e. The van der Waals surface area contributed by atoms with Crippen molar-refractivity contribution in [1.29, 1.82) is 0 Å². The highest BCUT2D eigenvalue weighted by Crippen LogP contribution is 2.53. The van der Waals surface area contributed by atoms with Gasteiger partial charge in [-0.3, -0.25) is 14.4 Å². The van der Waals surface area contributed by atoms with Crippen molar-refractivity contribution in [2.45, 2.75) is 64.0 Å². The van der Waals surface area contributed by atoms with Crippen molar-refractivity contribution in [2.24, 2.45) is 11.8 Å². The molecule has 3 fully saturated rings. The number of likely N-dealkylation sites (tertiary alicyclic amines) is 1. The molecule has 8 nitrogen and oxygen atoms in total. The van der Waals surface area contributed by atoms with Gasteiger partial charge < -0.3 is 24.3 Å². The third kappa shape index (κ3) is 5.68. The zero-order chi connectivity index (χ0) is 30.8. The van der Waals surface area contributed by atoms with Gasteiger partial charge in [-0.15, -0.1) is 0 Å². The van der Waals surface area contributed by atoms with E-state index in [4.69, 9.17) is 9.15 Å². The Morgan fingerprint density at radius 1 is 0.864 bits per heavy atom. The number of methoxy groups -OCH3 is 1. The zero-order valence-electron chi connectivity index (χ0n) is 26.0. The number of benzene rings is 2. The Kier molecular flexibility index (Phi) is 8.89. The summed E-state index contributed by atoms with van der Waals surface area (Å²) in [6.07, 6.45) is 4.71. The molecule has 1 aromatic heterocycles. The van der Waals surface area contributed by atoms with E-state index in [0.29, 0.717) is 49.0 Å². The summed E-state index contributed by atoms with van der Waals surface area (Å²) < 4.78 is 11.3. The van der Waals surface area contributed by atoms with Gasteiger partial charge in [-0.05, 0) is 56.0 Å². The van der Waals surface area contributed by atoms with Gasteiger partial charge >= 0.3 is 0 Å². The molecule has 44 heavy (non-hydrogen) atoms. The van der Waals surface area contributed by atoms with Crippen molar-refractivity contribution in [3.63, 3.8) is 0 Å². The minimum Gasteiger partial charge on any atom is -0.497 e. The van der Waals surface area contributed by atoms with Crippen LogP contribution in [0, 0.1) is 25.7 Å². The Hall–Kier alpha value is -3.91. The lowest BCUT2D eigenvalue weighted by Gasteiger charge is -2.38. The van der Waals surface area contributed by atoms with Gasteiger partial charge in [0.05, 0.1) is 24.6 Å². The first-order valence-corrected chi connectivity index (χ1v) is 16.0. The SMILES string of the molecule is COc1ccc(C2C(C(=O)c3cc(C)oc3C)C(c3ccccc3)N(C(=O)C3CCCCC3)C2C(=O)N2CCNCC2)cc1. The molecule has 2 amide bonds. The van der Waals surface area contributed by atoms with Crippen LogP contribution in [0.25, 0.3) is 0 Å². The van der Waals surface area contributed by atoms with Crippen LogP contribution in [-0.2, 0) is 9.59 Å². The third-order valence-electron chi connectivity index (χ3n) is 9.81. The summed E-state index contributed by atoms with van der Waals surface area (Å²) in [6, 6.07) is 17.8. The summed E-state index contributed by atoms with van der Waals surface area (Å²) in [5, 5.41) is 3.34. The van der Waals surface area contributed by atoms with E-state index in [2.05, 4.69) is 5.32 Å². The predicted octanol–water partition coefficient (Wildman–Crippen LogP) is 5.45. The van der Waals surface area contributed by atoms with Crippen molar-refractivity contribution in [3.05, 3.63) is 88.9 Å². The molecule has 2 aromatic carbocycles. The second-order valence-corrected chi connectivity index (χ2v) is 12.5. The van der Waals surface area contributed by atoms with Crippen molar-refractivity contribution in [3.8, 4) is 5.75 Å². The molecule has 2 aliphatic heterocycles. The molecule has 232 valence electrons. The standard InChI is InChI=1S/C36H43N3O5/c1-23-22-29(24(2)44-23)34(40)31-30(25-14-16-28(43-3)17-15-25)33(36(42)38-20-18-37-19-21-38)39(32(31)26-10-6-4-7-11-26)35(41)27-12-8-5-9-13-27/h4,6-7,10-11,14-17,22,27,30-33,37H,5,8-9,12-13,18-21H2,1-3H3. The van der Waals surface area contributed by atoms with Gasteiger partial charge in [-0.2, -0.15) is 0 Å². The number of furan rings is 1. The predicted molar refractivity (Wildman–Crippen MR) is 168 cm³/mol. The quantitative estimate of drug-likeness (QED) is 0.364. The van der Waals surface area contributed by atoms with E-state index in [1.807, 2.05) is 78.2 Å². The van der Waals surface area contributed by atoms with E-state index in [0.717, 1.165) is 43.2 Å². The average molecular weight is 598 g/mol. The lowest BCUT2D eigenvalue weighted by atomic mass is 9.76. The summed E-state index contributed by atoms with van der Waals surface area (Å²) >= 11 is 0. The minimum atomic E-state index is -0.830.